The molecule has 2 unspecified atom stereocenters. The van der Waals surface area contributed by atoms with E-state index in [0.717, 1.165) is 5.56 Å². The molecule has 2 aromatic rings. The summed E-state index contributed by atoms with van der Waals surface area (Å²) in [6.07, 6.45) is 0.438. The molecular weight excluding hydrogens is 390 g/mol. The van der Waals surface area contributed by atoms with Gasteiger partial charge in [0.2, 0.25) is 15.9 Å². The van der Waals surface area contributed by atoms with Crippen molar-refractivity contribution >= 4 is 33.2 Å². The van der Waals surface area contributed by atoms with Gasteiger partial charge in [-0.15, -0.1) is 0 Å². The van der Waals surface area contributed by atoms with Crippen LogP contribution in [0.5, 0.6) is 5.75 Å². The van der Waals surface area contributed by atoms with Gasteiger partial charge in [-0.25, -0.2) is 13.1 Å². The van der Waals surface area contributed by atoms with Crippen molar-refractivity contribution in [2.45, 2.75) is 17.7 Å². The average molecular weight is 410 g/mol. The van der Waals surface area contributed by atoms with E-state index in [1.54, 1.807) is 19.2 Å². The molecule has 144 valence electrons. The van der Waals surface area contributed by atoms with E-state index >= 15 is 0 Å². The fourth-order valence-electron chi connectivity index (χ4n) is 3.22. The van der Waals surface area contributed by atoms with Crippen LogP contribution < -0.4 is 20.5 Å². The Bertz CT molecular complexity index is 965. The highest BCUT2D eigenvalue weighted by atomic mass is 35.5. The zero-order valence-electron chi connectivity index (χ0n) is 14.6. The molecule has 4 N–H and O–H groups in total. The van der Waals surface area contributed by atoms with Crippen molar-refractivity contribution in [3.63, 3.8) is 0 Å². The molecule has 0 saturated heterocycles. The van der Waals surface area contributed by atoms with Gasteiger partial charge >= 0.3 is 0 Å². The number of rotatable bonds is 7. The number of hydrogen-bond acceptors (Lipinski definition) is 5. The van der Waals surface area contributed by atoms with Crippen molar-refractivity contribution in [3.05, 3.63) is 58.6 Å². The maximum absolute atomic E-state index is 12.9. The highest BCUT2D eigenvalue weighted by Crippen LogP contribution is 2.40. The van der Waals surface area contributed by atoms with E-state index < -0.39 is 27.2 Å². The van der Waals surface area contributed by atoms with Gasteiger partial charge in [0.25, 0.3) is 0 Å². The highest BCUT2D eigenvalue weighted by Gasteiger charge is 2.44. The second-order valence-corrected chi connectivity index (χ2v) is 8.50. The number of para-hydroxylation sites is 1. The van der Waals surface area contributed by atoms with Crippen LogP contribution in [0.3, 0.4) is 0 Å². The van der Waals surface area contributed by atoms with Crippen molar-refractivity contribution in [2.24, 2.45) is 5.73 Å². The number of ether oxygens (including phenoxy) is 1. The molecule has 1 aliphatic heterocycles. The van der Waals surface area contributed by atoms with E-state index in [1.165, 1.54) is 6.07 Å². The van der Waals surface area contributed by atoms with Crippen LogP contribution in [0.4, 0.5) is 5.69 Å². The standard InChI is InChI=1S/C18H20ClN3O4S/c1-26-15-5-3-2-4-11(15)8-9-21-27(24,25)17-13-10-12(19)6-7-14(13)22-16(17)18(20)23/h2-7,10,16-17,21-22H,8-9H2,1H3,(H2,20,23). The van der Waals surface area contributed by atoms with Crippen molar-refractivity contribution in [1.82, 2.24) is 4.72 Å². The Kier molecular flexibility index (Phi) is 5.59. The number of fused-ring (bicyclic) bond motifs is 1. The monoisotopic (exact) mass is 409 g/mol. The minimum Gasteiger partial charge on any atom is -0.496 e. The normalized spacial score (nSPS) is 18.6. The van der Waals surface area contributed by atoms with Crippen molar-refractivity contribution in [2.75, 3.05) is 19.0 Å². The largest absolute Gasteiger partial charge is 0.496 e. The summed E-state index contributed by atoms with van der Waals surface area (Å²) in [4.78, 5) is 11.8. The second kappa shape index (κ2) is 7.75. The van der Waals surface area contributed by atoms with Crippen molar-refractivity contribution in [1.29, 1.82) is 0 Å². The lowest BCUT2D eigenvalue weighted by molar-refractivity contribution is -0.118. The van der Waals surface area contributed by atoms with Gasteiger partial charge in [0.05, 0.1) is 7.11 Å². The maximum atomic E-state index is 12.9. The lowest BCUT2D eigenvalue weighted by atomic mass is 10.1. The first-order valence-electron chi connectivity index (χ1n) is 8.29. The van der Waals surface area contributed by atoms with Crippen LogP contribution in [0, 0.1) is 0 Å². The van der Waals surface area contributed by atoms with Crippen LogP contribution in [0.25, 0.3) is 0 Å². The molecule has 1 amide bonds. The van der Waals surface area contributed by atoms with Crippen LogP contribution in [0.2, 0.25) is 5.02 Å². The van der Waals surface area contributed by atoms with Crippen molar-refractivity contribution < 1.29 is 17.9 Å². The fourth-order valence-corrected chi connectivity index (χ4v) is 5.05. The molecule has 0 aromatic heterocycles. The molecule has 0 fully saturated rings. The summed E-state index contributed by atoms with van der Waals surface area (Å²) >= 11 is 6.01. The van der Waals surface area contributed by atoms with E-state index in [0.29, 0.717) is 28.4 Å². The van der Waals surface area contributed by atoms with Crippen LogP contribution >= 0.6 is 11.6 Å². The minimum absolute atomic E-state index is 0.153. The molecule has 1 aliphatic rings. The molecule has 0 spiro atoms. The van der Waals surface area contributed by atoms with E-state index in [2.05, 4.69) is 10.0 Å². The SMILES string of the molecule is COc1ccccc1CCNS(=O)(=O)C1c2cc(Cl)ccc2NC1C(N)=O. The third-order valence-corrected chi connectivity index (χ3v) is 6.50. The van der Waals surface area contributed by atoms with Gasteiger partial charge in [-0.2, -0.15) is 0 Å². The van der Waals surface area contributed by atoms with Gasteiger partial charge in [0.15, 0.2) is 0 Å². The molecular formula is C18H20ClN3O4S. The molecule has 9 heteroatoms. The van der Waals surface area contributed by atoms with Gasteiger partial charge < -0.3 is 15.8 Å². The smallest absolute Gasteiger partial charge is 0.241 e. The summed E-state index contributed by atoms with van der Waals surface area (Å²) in [6.45, 7) is 0.153. The second-order valence-electron chi connectivity index (χ2n) is 6.18. The number of nitrogens with one attached hydrogen (secondary N) is 2. The summed E-state index contributed by atoms with van der Waals surface area (Å²) in [5, 5.41) is 2.10. The number of carbonyl (C=O) groups is 1. The molecule has 0 aliphatic carbocycles. The molecule has 0 saturated carbocycles. The summed E-state index contributed by atoms with van der Waals surface area (Å²) in [5.74, 6) is -0.0613. The lowest BCUT2D eigenvalue weighted by Gasteiger charge is -2.19. The number of carbonyl (C=O) groups excluding carboxylic acids is 1. The van der Waals surface area contributed by atoms with E-state index in [1.807, 2.05) is 24.3 Å². The lowest BCUT2D eigenvalue weighted by Crippen LogP contribution is -2.43. The average Bonchev–Trinajstić information content (AvgIpc) is 3.01. The van der Waals surface area contributed by atoms with E-state index in [9.17, 15) is 13.2 Å². The molecule has 27 heavy (non-hydrogen) atoms. The zero-order valence-corrected chi connectivity index (χ0v) is 16.2. The van der Waals surface area contributed by atoms with Gasteiger partial charge in [-0.05, 0) is 41.8 Å². The Morgan fingerprint density at radius 1 is 1.30 bits per heavy atom. The summed E-state index contributed by atoms with van der Waals surface area (Å²) in [6, 6.07) is 11.1. The molecule has 0 bridgehead atoms. The number of sulfonamides is 1. The number of primary amides is 1. The predicted molar refractivity (Wildman–Crippen MR) is 104 cm³/mol. The molecule has 2 atom stereocenters. The summed E-state index contributed by atoms with van der Waals surface area (Å²) < 4.78 is 33.7. The molecule has 0 radical (unpaired) electrons. The van der Waals surface area contributed by atoms with Gasteiger partial charge in [-0.1, -0.05) is 29.8 Å². The Balaban J connectivity index is 1.81. The van der Waals surface area contributed by atoms with Crippen molar-refractivity contribution in [3.8, 4) is 5.75 Å². The predicted octanol–water partition coefficient (Wildman–Crippen LogP) is 1.83. The summed E-state index contributed by atoms with van der Waals surface area (Å²) in [7, 11) is -2.33. The van der Waals surface area contributed by atoms with Crippen LogP contribution in [0.1, 0.15) is 16.4 Å². The topological polar surface area (TPSA) is 111 Å². The third-order valence-electron chi connectivity index (χ3n) is 4.46. The van der Waals surface area contributed by atoms with Crippen LogP contribution in [0.15, 0.2) is 42.5 Å². The van der Waals surface area contributed by atoms with E-state index in [-0.39, 0.29) is 6.54 Å². The summed E-state index contributed by atoms with van der Waals surface area (Å²) in [5.41, 5.74) is 7.25. The van der Waals surface area contributed by atoms with Crippen LogP contribution in [-0.4, -0.2) is 34.0 Å². The third kappa shape index (κ3) is 4.02. The Morgan fingerprint density at radius 3 is 2.74 bits per heavy atom. The molecule has 7 nitrogen and oxygen atoms in total. The Hall–Kier alpha value is -2.29. The number of amides is 1. The van der Waals surface area contributed by atoms with Crippen LogP contribution in [-0.2, 0) is 21.2 Å². The minimum atomic E-state index is -3.89. The molecule has 2 aromatic carbocycles. The first-order valence-corrected chi connectivity index (χ1v) is 10.2. The Morgan fingerprint density at radius 2 is 2.04 bits per heavy atom. The number of methoxy groups -OCH3 is 1. The Labute approximate surface area is 162 Å². The number of nitrogens with two attached hydrogens (primary N) is 1. The van der Waals surface area contributed by atoms with Gasteiger partial charge in [0, 0.05) is 17.3 Å². The quantitative estimate of drug-likeness (QED) is 0.646. The van der Waals surface area contributed by atoms with Gasteiger partial charge in [0.1, 0.15) is 17.0 Å². The molecule has 3 rings (SSSR count). The highest BCUT2D eigenvalue weighted by molar-refractivity contribution is 7.89. The zero-order chi connectivity index (χ0) is 19.6. The van der Waals surface area contributed by atoms with Gasteiger partial charge in [-0.3, -0.25) is 4.79 Å². The van der Waals surface area contributed by atoms with E-state index in [4.69, 9.17) is 22.1 Å². The first kappa shape index (κ1) is 19.5. The molecule has 1 heterocycles. The maximum Gasteiger partial charge on any atom is 0.241 e. The fraction of sp³-hybridized carbons (Fsp3) is 0.278. The number of hydrogen-bond donors (Lipinski definition) is 3. The number of halogens is 1. The number of benzene rings is 2. The number of anilines is 1. The first-order chi connectivity index (χ1) is 12.8.